The Bertz CT molecular complexity index is 744. The molecule has 0 aliphatic carbocycles. The van der Waals surface area contributed by atoms with Gasteiger partial charge in [-0.1, -0.05) is 12.1 Å². The summed E-state index contributed by atoms with van der Waals surface area (Å²) in [6, 6.07) is 10.0. The number of anilines is 1. The van der Waals surface area contributed by atoms with E-state index in [-0.39, 0.29) is 11.3 Å². The summed E-state index contributed by atoms with van der Waals surface area (Å²) in [4.78, 5) is 13.8. The van der Waals surface area contributed by atoms with Crippen LogP contribution in [0.4, 0.5) is 5.69 Å². The van der Waals surface area contributed by atoms with Crippen LogP contribution in [0.3, 0.4) is 0 Å². The van der Waals surface area contributed by atoms with Crippen molar-refractivity contribution in [1.29, 1.82) is 10.5 Å². The van der Waals surface area contributed by atoms with Crippen molar-refractivity contribution in [3.05, 3.63) is 40.8 Å². The molecule has 6 heteroatoms. The molecule has 1 heterocycles. The lowest BCUT2D eigenvalue weighted by atomic mass is 10.1. The fourth-order valence-electron chi connectivity index (χ4n) is 1.48. The molecule has 0 saturated heterocycles. The number of nitrogens with one attached hydrogen (secondary N) is 2. The fraction of sp³-hybridized carbons (Fsp3) is 0. The third kappa shape index (κ3) is 2.18. The number of nitrogens with zero attached hydrogens (tertiary/aromatic N) is 3. The van der Waals surface area contributed by atoms with E-state index in [1.807, 2.05) is 6.07 Å². The predicted octanol–water partition coefficient (Wildman–Crippen LogP) is 1.34. The molecule has 0 amide bonds. The third-order valence-electron chi connectivity index (χ3n) is 2.29. The molecule has 0 atom stereocenters. The molecule has 0 aliphatic heterocycles. The van der Waals surface area contributed by atoms with Gasteiger partial charge in [0, 0.05) is 23.0 Å². The SMILES string of the molecule is N#CC(C#N)=NNc1cccc2c[nH]c(=O)cc12. The molecule has 18 heavy (non-hydrogen) atoms. The summed E-state index contributed by atoms with van der Waals surface area (Å²) in [7, 11) is 0. The van der Waals surface area contributed by atoms with Gasteiger partial charge in [0.15, 0.2) is 0 Å². The van der Waals surface area contributed by atoms with Gasteiger partial charge in [-0.15, -0.1) is 0 Å². The van der Waals surface area contributed by atoms with Crippen molar-refractivity contribution in [3.63, 3.8) is 0 Å². The predicted molar refractivity (Wildman–Crippen MR) is 66.9 cm³/mol. The molecule has 86 valence electrons. The standard InChI is InChI=1S/C12H7N5O/c13-5-9(6-14)16-17-11-3-1-2-8-7-15-12(18)4-10(8)11/h1-4,7,17H,(H,15,18). The summed E-state index contributed by atoms with van der Waals surface area (Å²) in [6.45, 7) is 0. The van der Waals surface area contributed by atoms with Gasteiger partial charge in [0.05, 0.1) is 5.69 Å². The van der Waals surface area contributed by atoms with Crippen LogP contribution in [-0.2, 0) is 0 Å². The lowest BCUT2D eigenvalue weighted by molar-refractivity contribution is 1.26. The molecule has 0 saturated carbocycles. The van der Waals surface area contributed by atoms with Gasteiger partial charge in [0.1, 0.15) is 12.1 Å². The average molecular weight is 237 g/mol. The van der Waals surface area contributed by atoms with Gasteiger partial charge in [-0.25, -0.2) is 0 Å². The topological polar surface area (TPSA) is 105 Å². The van der Waals surface area contributed by atoms with Crippen LogP contribution < -0.4 is 11.0 Å². The zero-order chi connectivity index (χ0) is 13.0. The maximum absolute atomic E-state index is 11.3. The van der Waals surface area contributed by atoms with Gasteiger partial charge in [-0.05, 0) is 6.07 Å². The monoisotopic (exact) mass is 237 g/mol. The first-order valence-electron chi connectivity index (χ1n) is 5.00. The van der Waals surface area contributed by atoms with E-state index in [0.717, 1.165) is 5.39 Å². The van der Waals surface area contributed by atoms with Crippen molar-refractivity contribution in [2.24, 2.45) is 5.10 Å². The number of fused-ring (bicyclic) bond motifs is 1. The van der Waals surface area contributed by atoms with Crippen LogP contribution in [0.5, 0.6) is 0 Å². The molecule has 2 rings (SSSR count). The van der Waals surface area contributed by atoms with E-state index in [1.165, 1.54) is 6.07 Å². The highest BCUT2D eigenvalue weighted by molar-refractivity contribution is 6.10. The summed E-state index contributed by atoms with van der Waals surface area (Å²) < 4.78 is 0. The van der Waals surface area contributed by atoms with Crippen LogP contribution in [0, 0.1) is 22.7 Å². The first-order valence-corrected chi connectivity index (χ1v) is 5.00. The highest BCUT2D eigenvalue weighted by atomic mass is 16.1. The summed E-state index contributed by atoms with van der Waals surface area (Å²) in [6.07, 6.45) is 1.59. The molecule has 0 radical (unpaired) electrons. The summed E-state index contributed by atoms with van der Waals surface area (Å²) in [5.74, 6) is 0. The number of hydrogen-bond acceptors (Lipinski definition) is 5. The van der Waals surface area contributed by atoms with Crippen molar-refractivity contribution >= 4 is 22.2 Å². The van der Waals surface area contributed by atoms with Gasteiger partial charge in [0.25, 0.3) is 0 Å². The molecule has 1 aromatic carbocycles. The summed E-state index contributed by atoms with van der Waals surface area (Å²) >= 11 is 0. The zero-order valence-corrected chi connectivity index (χ0v) is 9.14. The zero-order valence-electron chi connectivity index (χ0n) is 9.14. The molecule has 2 N–H and O–H groups in total. The number of hydrogen-bond donors (Lipinski definition) is 2. The third-order valence-corrected chi connectivity index (χ3v) is 2.29. The number of aromatic nitrogens is 1. The Morgan fingerprint density at radius 2 is 2.11 bits per heavy atom. The van der Waals surface area contributed by atoms with Crippen molar-refractivity contribution in [1.82, 2.24) is 4.98 Å². The van der Waals surface area contributed by atoms with Crippen LogP contribution >= 0.6 is 0 Å². The normalized spacial score (nSPS) is 9.22. The molecular weight excluding hydrogens is 230 g/mol. The minimum atomic E-state index is -0.281. The van der Waals surface area contributed by atoms with E-state index in [9.17, 15) is 4.79 Å². The van der Waals surface area contributed by atoms with E-state index in [0.29, 0.717) is 11.1 Å². The highest BCUT2D eigenvalue weighted by Crippen LogP contribution is 2.20. The van der Waals surface area contributed by atoms with Crippen LogP contribution in [0.2, 0.25) is 0 Å². The van der Waals surface area contributed by atoms with Crippen molar-refractivity contribution in [2.75, 3.05) is 5.43 Å². The van der Waals surface area contributed by atoms with Crippen molar-refractivity contribution < 1.29 is 0 Å². The van der Waals surface area contributed by atoms with Gasteiger partial charge in [0.2, 0.25) is 11.3 Å². The van der Waals surface area contributed by atoms with E-state index in [4.69, 9.17) is 10.5 Å². The van der Waals surface area contributed by atoms with E-state index >= 15 is 0 Å². The second kappa shape index (κ2) is 4.81. The van der Waals surface area contributed by atoms with Crippen molar-refractivity contribution in [3.8, 4) is 12.1 Å². The highest BCUT2D eigenvalue weighted by Gasteiger charge is 2.01. The molecule has 0 spiro atoms. The number of rotatable bonds is 2. The number of aromatic amines is 1. The maximum Gasteiger partial charge on any atom is 0.248 e. The second-order valence-corrected chi connectivity index (χ2v) is 3.40. The van der Waals surface area contributed by atoms with Gasteiger partial charge in [-0.2, -0.15) is 15.6 Å². The number of hydrazone groups is 1. The van der Waals surface area contributed by atoms with Gasteiger partial charge in [-0.3, -0.25) is 10.2 Å². The molecule has 0 unspecified atom stereocenters. The minimum absolute atomic E-state index is 0.235. The van der Waals surface area contributed by atoms with Crippen molar-refractivity contribution in [2.45, 2.75) is 0 Å². The quantitative estimate of drug-likeness (QED) is 0.607. The fourth-order valence-corrected chi connectivity index (χ4v) is 1.48. The average Bonchev–Trinajstić information content (AvgIpc) is 2.40. The lowest BCUT2D eigenvalue weighted by Crippen LogP contribution is -2.03. The Hall–Kier alpha value is -3.12. The van der Waals surface area contributed by atoms with E-state index < -0.39 is 0 Å². The second-order valence-electron chi connectivity index (χ2n) is 3.40. The van der Waals surface area contributed by atoms with Gasteiger partial charge >= 0.3 is 0 Å². The largest absolute Gasteiger partial charge is 0.328 e. The Balaban J connectivity index is 2.50. The first-order chi connectivity index (χ1) is 8.74. The molecular formula is C12H7N5O. The van der Waals surface area contributed by atoms with E-state index in [2.05, 4.69) is 15.5 Å². The molecule has 1 aromatic heterocycles. The van der Waals surface area contributed by atoms with E-state index in [1.54, 1.807) is 30.5 Å². The molecule has 2 aromatic rings. The number of pyridine rings is 1. The molecule has 0 aliphatic rings. The molecule has 0 fully saturated rings. The maximum atomic E-state index is 11.3. The Labute approximate surface area is 102 Å². The molecule has 0 bridgehead atoms. The van der Waals surface area contributed by atoms with Crippen LogP contribution in [0.25, 0.3) is 10.8 Å². The smallest absolute Gasteiger partial charge is 0.248 e. The minimum Gasteiger partial charge on any atom is -0.328 e. The Morgan fingerprint density at radius 1 is 1.33 bits per heavy atom. The summed E-state index contributed by atoms with van der Waals surface area (Å²) in [5, 5.41) is 22.3. The lowest BCUT2D eigenvalue weighted by Gasteiger charge is -2.04. The number of H-pyrrole nitrogens is 1. The Kier molecular flexibility index (Phi) is 3.04. The van der Waals surface area contributed by atoms with Gasteiger partial charge < -0.3 is 4.98 Å². The van der Waals surface area contributed by atoms with Crippen LogP contribution in [0.1, 0.15) is 0 Å². The summed E-state index contributed by atoms with van der Waals surface area (Å²) in [5.41, 5.74) is 2.65. The van der Waals surface area contributed by atoms with Crippen LogP contribution in [-0.4, -0.2) is 10.7 Å². The number of nitriles is 2. The number of benzene rings is 1. The first kappa shape index (κ1) is 11.4. The molecule has 6 nitrogen and oxygen atoms in total. The van der Waals surface area contributed by atoms with Crippen LogP contribution in [0.15, 0.2) is 40.4 Å². The Morgan fingerprint density at radius 3 is 2.83 bits per heavy atom.